The summed E-state index contributed by atoms with van der Waals surface area (Å²) in [6, 6.07) is 35.7. The number of ether oxygens (including phenoxy) is 2. The number of rotatable bonds is 10. The lowest BCUT2D eigenvalue weighted by molar-refractivity contribution is -0.150. The Morgan fingerprint density at radius 3 is 2.13 bits per heavy atom. The summed E-state index contributed by atoms with van der Waals surface area (Å²) in [6.07, 6.45) is 0.941. The van der Waals surface area contributed by atoms with Gasteiger partial charge in [-0.25, -0.2) is 9.36 Å². The number of hydrogen-bond acceptors (Lipinski definition) is 7. The van der Waals surface area contributed by atoms with Crippen LogP contribution in [0.3, 0.4) is 0 Å². The maximum absolute atomic E-state index is 15.8. The van der Waals surface area contributed by atoms with Crippen molar-refractivity contribution in [2.24, 2.45) is 5.92 Å². The maximum atomic E-state index is 15.8. The van der Waals surface area contributed by atoms with Crippen LogP contribution in [0, 0.1) is 5.92 Å². The average Bonchev–Trinajstić information content (AvgIpc) is 4.11. The zero-order chi connectivity index (χ0) is 43.8. The van der Waals surface area contributed by atoms with E-state index in [0.717, 1.165) is 34.9 Å². The number of likely N-dealkylation sites (tertiary alicyclic amines) is 1. The largest absolute Gasteiger partial charge is 0.497 e. The lowest BCUT2D eigenvalue weighted by Gasteiger charge is -2.37. The van der Waals surface area contributed by atoms with E-state index < -0.39 is 25.7 Å². The molecule has 13 nitrogen and oxygen atoms in total. The molecule has 322 valence electrons. The summed E-state index contributed by atoms with van der Waals surface area (Å²) in [6.45, 7) is 7.24. The minimum absolute atomic E-state index is 0.0465. The van der Waals surface area contributed by atoms with Gasteiger partial charge in [0, 0.05) is 18.0 Å². The van der Waals surface area contributed by atoms with Crippen molar-refractivity contribution in [1.82, 2.24) is 24.5 Å². The number of carbonyl (C=O) groups is 2. The van der Waals surface area contributed by atoms with Crippen LogP contribution in [0.5, 0.6) is 5.75 Å². The highest BCUT2D eigenvalue weighted by molar-refractivity contribution is 6.91. The topological polar surface area (TPSA) is 155 Å². The van der Waals surface area contributed by atoms with Gasteiger partial charge >= 0.3 is 0 Å². The monoisotopic (exact) mass is 862 g/mol. The molecule has 3 N–H and O–H groups in total. The summed E-state index contributed by atoms with van der Waals surface area (Å²) in [4.78, 5) is 61.1. The second kappa shape index (κ2) is 15.4. The van der Waals surface area contributed by atoms with Crippen LogP contribution in [0.15, 0.2) is 125 Å². The number of benzene rings is 5. The highest BCUT2D eigenvalue weighted by Crippen LogP contribution is 2.60. The van der Waals surface area contributed by atoms with Crippen LogP contribution in [0.25, 0.3) is 33.2 Å². The van der Waals surface area contributed by atoms with Crippen molar-refractivity contribution in [3.05, 3.63) is 147 Å². The second-order valence-corrected chi connectivity index (χ2v) is 22.5. The number of H-pyrrole nitrogens is 2. The van der Waals surface area contributed by atoms with Gasteiger partial charge in [0.1, 0.15) is 5.75 Å². The predicted octanol–water partition coefficient (Wildman–Crippen LogP) is 6.10. The number of fused-ring (bicyclic) bond motifs is 4. The molecule has 0 aliphatic carbocycles. The van der Waals surface area contributed by atoms with E-state index in [1.165, 1.54) is 9.36 Å². The first-order valence-electron chi connectivity index (χ1n) is 21.6. The molecule has 0 unspecified atom stereocenters. The lowest BCUT2D eigenvalue weighted by Crippen LogP contribution is -2.52. The van der Waals surface area contributed by atoms with E-state index in [2.05, 4.69) is 42.3 Å². The first kappa shape index (κ1) is 40.6. The molecule has 7 aromatic rings. The van der Waals surface area contributed by atoms with Gasteiger partial charge in [0.05, 0.1) is 85.8 Å². The molecule has 63 heavy (non-hydrogen) atoms. The molecule has 1 spiro atoms. The first-order chi connectivity index (χ1) is 30.4. The maximum Gasteiger partial charge on any atom is 0.279 e. The molecule has 0 bridgehead atoms. The third kappa shape index (κ3) is 6.41. The molecular weight excluding hydrogens is 813 g/mol. The number of aromatic amines is 2. The Kier molecular flexibility index (Phi) is 9.92. The van der Waals surface area contributed by atoms with Crippen molar-refractivity contribution in [3.63, 3.8) is 0 Å². The van der Waals surface area contributed by atoms with E-state index in [1.54, 1.807) is 29.0 Å². The second-order valence-electron chi connectivity index (χ2n) is 17.8. The summed E-state index contributed by atoms with van der Waals surface area (Å²) in [5.41, 5.74) is 2.49. The Morgan fingerprint density at radius 2 is 1.49 bits per heavy atom. The molecule has 0 saturated carbocycles. The zero-order valence-corrected chi connectivity index (χ0v) is 36.7. The van der Waals surface area contributed by atoms with Crippen LogP contribution < -0.4 is 25.9 Å². The van der Waals surface area contributed by atoms with Gasteiger partial charge in [0.15, 0.2) is 5.60 Å². The van der Waals surface area contributed by atoms with Crippen LogP contribution >= 0.6 is 0 Å². The summed E-state index contributed by atoms with van der Waals surface area (Å²) < 4.78 is 15.9. The first-order valence-corrected chi connectivity index (χ1v) is 24.7. The predicted molar refractivity (Wildman–Crippen MR) is 245 cm³/mol. The third-order valence-electron chi connectivity index (χ3n) is 14.1. The van der Waals surface area contributed by atoms with E-state index in [0.29, 0.717) is 45.5 Å². The minimum Gasteiger partial charge on any atom is -0.497 e. The van der Waals surface area contributed by atoms with Crippen LogP contribution in [-0.2, 0) is 26.5 Å². The number of aromatic nitrogens is 4. The van der Waals surface area contributed by atoms with E-state index >= 15 is 4.79 Å². The molecule has 14 heteroatoms. The number of aliphatic hydroxyl groups is 1. The van der Waals surface area contributed by atoms with Gasteiger partial charge < -0.3 is 24.4 Å². The van der Waals surface area contributed by atoms with Crippen LogP contribution in [0.1, 0.15) is 37.3 Å². The summed E-state index contributed by atoms with van der Waals surface area (Å²) in [5.74, 6) is -0.0442. The Labute approximate surface area is 364 Å². The van der Waals surface area contributed by atoms with E-state index in [9.17, 15) is 19.5 Å². The number of amides is 2. The van der Waals surface area contributed by atoms with Gasteiger partial charge in [-0.05, 0) is 90.7 Å². The summed E-state index contributed by atoms with van der Waals surface area (Å²) in [5, 5.41) is 18.9. The molecule has 0 radical (unpaired) electrons. The molecule has 5 heterocycles. The van der Waals surface area contributed by atoms with Crippen LogP contribution in [0.2, 0.25) is 18.6 Å². The fraction of sp³-hybridized carbons (Fsp3) is 0.306. The normalized spacial score (nSPS) is 22.2. The van der Waals surface area contributed by atoms with Gasteiger partial charge in [-0.3, -0.25) is 29.4 Å². The molecule has 5 atom stereocenters. The molecule has 5 aromatic carbocycles. The molecule has 2 amide bonds. The molecule has 3 aliphatic rings. The standard InChI is InChI=1S/C49H50N6O7Si/c1-30-45(63(3,4)36-21-19-35(61-2)20-22-36)43(27-44(57)52-24-10-13-34(52)29-56)62-49(30)39-26-33(55-47(59)38-15-6-8-17-41(38)51-55)18-23-42(39)53(48(49)60)28-31-11-9-12-32(25-31)54-46(58)37-14-5-7-16-40(37)50-54/h5-9,11-12,14-23,25-26,30,34,43,45,50-51,56H,10,13,24,27-29H2,1-4H3/t30-,34-,43+,45-,49+/m0/s1. The summed E-state index contributed by atoms with van der Waals surface area (Å²) in [7, 11) is -0.984. The lowest BCUT2D eigenvalue weighted by atomic mass is 9.82. The van der Waals surface area contributed by atoms with Gasteiger partial charge in [0.2, 0.25) is 5.91 Å². The minimum atomic E-state index is -2.62. The smallest absolute Gasteiger partial charge is 0.279 e. The van der Waals surface area contributed by atoms with Crippen molar-refractivity contribution in [2.75, 3.05) is 25.2 Å². The molecule has 2 aromatic heterocycles. The quantitative estimate of drug-likeness (QED) is 0.141. The fourth-order valence-electron chi connectivity index (χ4n) is 10.9. The number of nitrogens with zero attached hydrogens (tertiary/aromatic N) is 4. The number of hydrogen-bond donors (Lipinski definition) is 3. The van der Waals surface area contributed by atoms with Crippen molar-refractivity contribution < 1.29 is 24.2 Å². The van der Waals surface area contributed by atoms with Gasteiger partial charge in [0.25, 0.3) is 17.0 Å². The number of nitrogens with one attached hydrogen (secondary N) is 2. The van der Waals surface area contributed by atoms with Crippen molar-refractivity contribution >= 4 is 52.6 Å². The van der Waals surface area contributed by atoms with Gasteiger partial charge in [-0.15, -0.1) is 0 Å². The molecule has 2 fully saturated rings. The van der Waals surface area contributed by atoms with Crippen molar-refractivity contribution in [3.8, 4) is 17.1 Å². The Bertz CT molecular complexity index is 3040. The zero-order valence-electron chi connectivity index (χ0n) is 35.7. The number of aliphatic hydroxyl groups excluding tert-OH is 1. The highest BCUT2D eigenvalue weighted by Gasteiger charge is 2.66. The molecule has 3 aliphatic heterocycles. The Hall–Kier alpha value is -6.48. The number of methoxy groups -OCH3 is 1. The SMILES string of the molecule is COc1ccc([Si](C)(C)[C@@H]2[C@@H](CC(=O)N3CCC[C@H]3CO)O[C@]3(C(=O)N(Cc4cccc(-n5[nH]c6ccccc6c5=O)c4)c4ccc(-n5[nH]c6ccccc6c5=O)cc43)[C@H]2C)cc1. The van der Waals surface area contributed by atoms with Gasteiger partial charge in [-0.1, -0.05) is 73.7 Å². The molecule has 10 rings (SSSR count). The van der Waals surface area contributed by atoms with E-state index in [1.807, 2.05) is 91.0 Å². The summed E-state index contributed by atoms with van der Waals surface area (Å²) >= 11 is 0. The Morgan fingerprint density at radius 1 is 0.841 bits per heavy atom. The highest BCUT2D eigenvalue weighted by atomic mass is 28.3. The third-order valence-corrected chi connectivity index (χ3v) is 18.4. The fourth-order valence-corrected chi connectivity index (χ4v) is 14.9. The van der Waals surface area contributed by atoms with Crippen LogP contribution in [0.4, 0.5) is 5.69 Å². The van der Waals surface area contributed by atoms with Gasteiger partial charge in [-0.2, -0.15) is 0 Å². The molecule has 2 saturated heterocycles. The van der Waals surface area contributed by atoms with Crippen LogP contribution in [-0.4, -0.2) is 81.9 Å². The number of para-hydroxylation sites is 2. The van der Waals surface area contributed by atoms with E-state index in [-0.39, 0.29) is 54.1 Å². The van der Waals surface area contributed by atoms with E-state index in [4.69, 9.17) is 9.47 Å². The number of carbonyl (C=O) groups excluding carboxylic acids is 2. The van der Waals surface area contributed by atoms with Crippen molar-refractivity contribution in [1.29, 1.82) is 0 Å². The van der Waals surface area contributed by atoms with Crippen molar-refractivity contribution in [2.45, 2.75) is 69.1 Å². The Balaban J connectivity index is 1.11. The number of anilines is 1. The average molecular weight is 863 g/mol. The molecular formula is C49H50N6O7Si.